The smallest absolute Gasteiger partial charge is 0.156 e. The quantitative estimate of drug-likeness (QED) is 0.515. The molecule has 0 aromatic heterocycles. The molecule has 2 nitrogen and oxygen atoms in total. The monoisotopic (exact) mass is 198 g/mol. The van der Waals surface area contributed by atoms with Gasteiger partial charge in [0, 0.05) is 19.3 Å². The Bertz CT molecular complexity index is 215. The molecule has 2 rings (SSSR count). The highest BCUT2D eigenvalue weighted by Crippen LogP contribution is 2.49. The van der Waals surface area contributed by atoms with Crippen molar-refractivity contribution in [2.75, 3.05) is 14.1 Å². The van der Waals surface area contributed by atoms with Gasteiger partial charge in [-0.2, -0.15) is 0 Å². The number of aliphatic imine (C=N–C) groups is 1. The molecule has 0 heterocycles. The molecule has 2 bridgehead atoms. The predicted molar refractivity (Wildman–Crippen MR) is 59.2 cm³/mol. The minimum Gasteiger partial charge on any atom is -0.368 e. The van der Waals surface area contributed by atoms with Gasteiger partial charge >= 0.3 is 0 Å². The summed E-state index contributed by atoms with van der Waals surface area (Å²) in [7, 11) is 3.83. The molecule has 0 saturated heterocycles. The molecule has 13 heavy (non-hydrogen) atoms. The number of rotatable bonds is 1. The summed E-state index contributed by atoms with van der Waals surface area (Å²) in [6.07, 6.45) is 5.86. The number of hydrogen-bond donors (Lipinski definition) is 1. The first-order chi connectivity index (χ1) is 6.33. The van der Waals surface area contributed by atoms with Gasteiger partial charge in [0.05, 0.1) is 0 Å². The molecule has 2 aliphatic rings. The van der Waals surface area contributed by atoms with Crippen LogP contribution in [0.15, 0.2) is 4.99 Å². The maximum atomic E-state index is 4.22. The van der Waals surface area contributed by atoms with Crippen LogP contribution in [0, 0.1) is 11.8 Å². The Morgan fingerprint density at radius 1 is 1.38 bits per heavy atom. The van der Waals surface area contributed by atoms with Gasteiger partial charge < -0.3 is 5.32 Å². The molecule has 0 aromatic carbocycles. The van der Waals surface area contributed by atoms with Crippen LogP contribution in [0.5, 0.6) is 0 Å². The number of fused-ring (bicyclic) bond motifs is 2. The Morgan fingerprint density at radius 3 is 2.69 bits per heavy atom. The average Bonchev–Trinajstić information content (AvgIpc) is 2.75. The zero-order valence-electron chi connectivity index (χ0n) is 8.42. The third-order valence-corrected chi connectivity index (χ3v) is 4.84. The molecule has 0 aromatic rings. The Kier molecular flexibility index (Phi) is 2.82. The molecule has 0 aliphatic heterocycles. The Balaban J connectivity index is 1.89. The molecule has 2 saturated carbocycles. The lowest BCUT2D eigenvalue weighted by atomic mass is 10.0. The van der Waals surface area contributed by atoms with Crippen LogP contribution in [-0.4, -0.2) is 24.5 Å². The number of amidine groups is 1. The molecule has 0 radical (unpaired) electrons. The van der Waals surface area contributed by atoms with Crippen LogP contribution in [0.2, 0.25) is 0 Å². The van der Waals surface area contributed by atoms with Crippen molar-refractivity contribution in [3.63, 3.8) is 0 Å². The summed E-state index contributed by atoms with van der Waals surface area (Å²) in [6.45, 7) is 0. The number of nitrogens with zero attached hydrogens (tertiary/aromatic N) is 1. The van der Waals surface area contributed by atoms with Crippen molar-refractivity contribution < 1.29 is 0 Å². The minimum atomic E-state index is 0.852. The molecule has 3 heteroatoms. The van der Waals surface area contributed by atoms with Crippen molar-refractivity contribution in [1.82, 2.24) is 5.32 Å². The van der Waals surface area contributed by atoms with Gasteiger partial charge in [-0.3, -0.25) is 4.99 Å². The van der Waals surface area contributed by atoms with Gasteiger partial charge in [-0.05, 0) is 31.1 Å². The van der Waals surface area contributed by atoms with Crippen molar-refractivity contribution in [1.29, 1.82) is 0 Å². The standard InChI is InChI=1S/C10H18N2S/c1-11-10(12-2)13-9-6-7-3-4-8(9)5-7/h7-9H,3-6H2,1-2H3,(H,11,12). The van der Waals surface area contributed by atoms with Crippen LogP contribution in [0.1, 0.15) is 25.7 Å². The topological polar surface area (TPSA) is 24.4 Å². The summed E-state index contributed by atoms with van der Waals surface area (Å²) in [5.74, 6) is 2.03. The Hall–Kier alpha value is -0.180. The summed E-state index contributed by atoms with van der Waals surface area (Å²) in [4.78, 5) is 4.22. The van der Waals surface area contributed by atoms with E-state index < -0.39 is 0 Å². The normalized spacial score (nSPS) is 38.3. The van der Waals surface area contributed by atoms with E-state index >= 15 is 0 Å². The van der Waals surface area contributed by atoms with Gasteiger partial charge in [-0.1, -0.05) is 18.2 Å². The van der Waals surface area contributed by atoms with E-state index in [0.29, 0.717) is 0 Å². The molecular formula is C10H18N2S. The average molecular weight is 198 g/mol. The van der Waals surface area contributed by atoms with Crippen molar-refractivity contribution in [3.8, 4) is 0 Å². The zero-order chi connectivity index (χ0) is 9.26. The molecular weight excluding hydrogens is 180 g/mol. The van der Waals surface area contributed by atoms with Crippen LogP contribution >= 0.6 is 11.8 Å². The SMILES string of the molecule is CN=C(NC)SC1CC2CCC1C2. The van der Waals surface area contributed by atoms with E-state index in [2.05, 4.69) is 10.3 Å². The van der Waals surface area contributed by atoms with Crippen LogP contribution in [0.4, 0.5) is 0 Å². The third kappa shape index (κ3) is 1.85. The molecule has 0 amide bonds. The van der Waals surface area contributed by atoms with Gasteiger partial charge in [0.25, 0.3) is 0 Å². The molecule has 1 N–H and O–H groups in total. The largest absolute Gasteiger partial charge is 0.368 e. The van der Waals surface area contributed by atoms with E-state index in [1.165, 1.54) is 25.7 Å². The lowest BCUT2D eigenvalue weighted by Crippen LogP contribution is -2.21. The fourth-order valence-electron chi connectivity index (χ4n) is 2.70. The Morgan fingerprint density at radius 2 is 2.23 bits per heavy atom. The summed E-state index contributed by atoms with van der Waals surface area (Å²) in [5, 5.41) is 5.11. The van der Waals surface area contributed by atoms with E-state index in [1.54, 1.807) is 0 Å². The number of hydrogen-bond acceptors (Lipinski definition) is 2. The number of nitrogens with one attached hydrogen (secondary N) is 1. The lowest BCUT2D eigenvalue weighted by molar-refractivity contribution is 0.493. The molecule has 2 aliphatic carbocycles. The highest BCUT2D eigenvalue weighted by molar-refractivity contribution is 8.14. The van der Waals surface area contributed by atoms with Gasteiger partial charge in [0.1, 0.15) is 0 Å². The van der Waals surface area contributed by atoms with Crippen molar-refractivity contribution in [2.45, 2.75) is 30.9 Å². The molecule has 0 spiro atoms. The van der Waals surface area contributed by atoms with E-state index in [9.17, 15) is 0 Å². The third-order valence-electron chi connectivity index (χ3n) is 3.35. The minimum absolute atomic E-state index is 0.852. The summed E-state index contributed by atoms with van der Waals surface area (Å²) in [6, 6.07) is 0. The van der Waals surface area contributed by atoms with Crippen molar-refractivity contribution in [3.05, 3.63) is 0 Å². The van der Waals surface area contributed by atoms with Crippen LogP contribution in [0.25, 0.3) is 0 Å². The fraction of sp³-hybridized carbons (Fsp3) is 0.900. The van der Waals surface area contributed by atoms with Gasteiger partial charge in [-0.15, -0.1) is 0 Å². The highest BCUT2D eigenvalue weighted by atomic mass is 32.2. The molecule has 2 fully saturated rings. The van der Waals surface area contributed by atoms with Gasteiger partial charge in [0.2, 0.25) is 0 Å². The van der Waals surface area contributed by atoms with E-state index in [0.717, 1.165) is 22.3 Å². The van der Waals surface area contributed by atoms with Crippen molar-refractivity contribution in [2.24, 2.45) is 16.8 Å². The van der Waals surface area contributed by atoms with Gasteiger partial charge in [0.15, 0.2) is 5.17 Å². The van der Waals surface area contributed by atoms with Crippen LogP contribution in [-0.2, 0) is 0 Å². The first kappa shape index (κ1) is 9.38. The van der Waals surface area contributed by atoms with E-state index in [-0.39, 0.29) is 0 Å². The predicted octanol–water partition coefficient (Wildman–Crippen LogP) is 2.11. The first-order valence-electron chi connectivity index (χ1n) is 5.14. The van der Waals surface area contributed by atoms with E-state index in [4.69, 9.17) is 0 Å². The molecule has 74 valence electrons. The van der Waals surface area contributed by atoms with Crippen LogP contribution in [0.3, 0.4) is 0 Å². The molecule has 3 unspecified atom stereocenters. The van der Waals surface area contributed by atoms with Crippen LogP contribution < -0.4 is 5.32 Å². The van der Waals surface area contributed by atoms with Gasteiger partial charge in [-0.25, -0.2) is 0 Å². The Labute approximate surface area is 84.6 Å². The highest BCUT2D eigenvalue weighted by Gasteiger charge is 2.40. The lowest BCUT2D eigenvalue weighted by Gasteiger charge is -2.21. The zero-order valence-corrected chi connectivity index (χ0v) is 9.23. The maximum Gasteiger partial charge on any atom is 0.156 e. The van der Waals surface area contributed by atoms with E-state index in [1.807, 2.05) is 25.9 Å². The summed E-state index contributed by atoms with van der Waals surface area (Å²) in [5.41, 5.74) is 0. The maximum absolute atomic E-state index is 4.22. The second kappa shape index (κ2) is 3.91. The second-order valence-corrected chi connectivity index (χ2v) is 5.34. The number of thioether (sulfide) groups is 1. The first-order valence-corrected chi connectivity index (χ1v) is 6.02. The summed E-state index contributed by atoms with van der Waals surface area (Å²) < 4.78 is 0. The molecule has 3 atom stereocenters. The van der Waals surface area contributed by atoms with Crippen molar-refractivity contribution >= 4 is 16.9 Å². The second-order valence-electron chi connectivity index (χ2n) is 4.11. The fourth-order valence-corrected chi connectivity index (χ4v) is 4.02. The summed E-state index contributed by atoms with van der Waals surface area (Å²) >= 11 is 1.95.